The maximum absolute atomic E-state index is 12.9. The fraction of sp³-hybridized carbons (Fsp3) is 0.217. The average molecular weight is 459 g/mol. The molecule has 3 aromatic rings. The van der Waals surface area contributed by atoms with Crippen molar-refractivity contribution in [2.24, 2.45) is 0 Å². The molecular weight excluding hydrogens is 439 g/mol. The van der Waals surface area contributed by atoms with Crippen molar-refractivity contribution in [2.45, 2.75) is 13.3 Å². The topological polar surface area (TPSA) is 72.9 Å². The van der Waals surface area contributed by atoms with Crippen LogP contribution in [0.25, 0.3) is 0 Å². The van der Waals surface area contributed by atoms with Crippen molar-refractivity contribution in [2.75, 3.05) is 30.0 Å². The van der Waals surface area contributed by atoms with Gasteiger partial charge in [0.2, 0.25) is 0 Å². The first kappa shape index (κ1) is 22.3. The van der Waals surface area contributed by atoms with Gasteiger partial charge in [0.25, 0.3) is 5.91 Å². The fourth-order valence-electron chi connectivity index (χ4n) is 3.39. The molecule has 0 saturated heterocycles. The van der Waals surface area contributed by atoms with E-state index in [1.807, 2.05) is 30.0 Å². The Morgan fingerprint density at radius 3 is 2.55 bits per heavy atom. The van der Waals surface area contributed by atoms with Crippen molar-refractivity contribution in [1.29, 1.82) is 0 Å². The second-order valence-electron chi connectivity index (χ2n) is 6.97. The fourth-order valence-corrected chi connectivity index (χ4v) is 3.39. The number of aromatic nitrogens is 1. The molecular formula is C23H20F3N3O4. The molecule has 0 atom stereocenters. The molecule has 1 aliphatic rings. The number of nitrogens with one attached hydrogen (secondary N) is 1. The maximum atomic E-state index is 12.9. The minimum atomic E-state index is -4.78. The van der Waals surface area contributed by atoms with Crippen LogP contribution in [0, 0.1) is 0 Å². The summed E-state index contributed by atoms with van der Waals surface area (Å²) < 4.78 is 52.0. The molecule has 7 nitrogen and oxygen atoms in total. The van der Waals surface area contributed by atoms with Crippen LogP contribution in [0.1, 0.15) is 17.3 Å². The van der Waals surface area contributed by atoms with Gasteiger partial charge in [-0.1, -0.05) is 6.07 Å². The number of benzene rings is 2. The minimum absolute atomic E-state index is 0.291. The highest BCUT2D eigenvalue weighted by atomic mass is 19.4. The summed E-state index contributed by atoms with van der Waals surface area (Å²) in [5.74, 6) is 0.904. The van der Waals surface area contributed by atoms with Gasteiger partial charge in [0.15, 0.2) is 5.75 Å². The van der Waals surface area contributed by atoms with Crippen LogP contribution < -0.4 is 24.4 Å². The highest BCUT2D eigenvalue weighted by molar-refractivity contribution is 6.07. The van der Waals surface area contributed by atoms with Gasteiger partial charge in [0, 0.05) is 5.69 Å². The number of nitrogens with zero attached hydrogens (tertiary/aromatic N) is 2. The molecule has 4 rings (SSSR count). The van der Waals surface area contributed by atoms with Crippen LogP contribution in [0.3, 0.4) is 0 Å². The predicted octanol–water partition coefficient (Wildman–Crippen LogP) is 5.16. The molecule has 0 unspecified atom stereocenters. The minimum Gasteiger partial charge on any atom is -0.492 e. The summed E-state index contributed by atoms with van der Waals surface area (Å²) in [6, 6.07) is 13.7. The summed E-state index contributed by atoms with van der Waals surface area (Å²) in [5, 5.41) is 2.67. The first-order valence-corrected chi connectivity index (χ1v) is 10.1. The summed E-state index contributed by atoms with van der Waals surface area (Å²) in [4.78, 5) is 19.3. The van der Waals surface area contributed by atoms with Crippen LogP contribution in [-0.2, 0) is 0 Å². The SMILES string of the molecule is CCOc1ccc(N2CCOc3c(C(=O)Nc4ccc(OC(F)(F)F)cc4)cccc32)nc1. The van der Waals surface area contributed by atoms with Crippen molar-refractivity contribution < 1.29 is 32.2 Å². The van der Waals surface area contributed by atoms with E-state index in [1.165, 1.54) is 12.1 Å². The zero-order valence-corrected chi connectivity index (χ0v) is 17.6. The number of pyridine rings is 1. The van der Waals surface area contributed by atoms with E-state index in [2.05, 4.69) is 15.0 Å². The van der Waals surface area contributed by atoms with Gasteiger partial charge in [0.05, 0.1) is 30.6 Å². The van der Waals surface area contributed by atoms with Gasteiger partial charge in [-0.3, -0.25) is 4.79 Å². The Hall–Kier alpha value is -3.95. The van der Waals surface area contributed by atoms with Gasteiger partial charge in [-0.15, -0.1) is 13.2 Å². The van der Waals surface area contributed by atoms with E-state index in [1.54, 1.807) is 18.3 Å². The molecule has 33 heavy (non-hydrogen) atoms. The van der Waals surface area contributed by atoms with Gasteiger partial charge >= 0.3 is 6.36 Å². The molecule has 0 aliphatic carbocycles. The number of ether oxygens (including phenoxy) is 3. The molecule has 10 heteroatoms. The predicted molar refractivity (Wildman–Crippen MR) is 115 cm³/mol. The monoisotopic (exact) mass is 459 g/mol. The summed E-state index contributed by atoms with van der Waals surface area (Å²) in [6.45, 7) is 3.32. The third-order valence-corrected chi connectivity index (χ3v) is 4.75. The number of fused-ring (bicyclic) bond motifs is 1. The van der Waals surface area contributed by atoms with E-state index in [9.17, 15) is 18.0 Å². The second-order valence-corrected chi connectivity index (χ2v) is 6.97. The number of halogens is 3. The van der Waals surface area contributed by atoms with Crippen LogP contribution in [-0.4, -0.2) is 37.0 Å². The van der Waals surface area contributed by atoms with Crippen molar-refractivity contribution >= 4 is 23.1 Å². The Morgan fingerprint density at radius 1 is 1.12 bits per heavy atom. The van der Waals surface area contributed by atoms with Gasteiger partial charge in [-0.25, -0.2) is 4.98 Å². The molecule has 1 aliphatic heterocycles. The second kappa shape index (κ2) is 9.27. The smallest absolute Gasteiger partial charge is 0.492 e. The highest BCUT2D eigenvalue weighted by Crippen LogP contribution is 2.39. The largest absolute Gasteiger partial charge is 0.573 e. The molecule has 1 aromatic heterocycles. The van der Waals surface area contributed by atoms with E-state index in [0.717, 1.165) is 12.1 Å². The van der Waals surface area contributed by atoms with Crippen LogP contribution in [0.15, 0.2) is 60.8 Å². The Balaban J connectivity index is 1.54. The number of hydrogen-bond acceptors (Lipinski definition) is 6. The van der Waals surface area contributed by atoms with E-state index >= 15 is 0 Å². The molecule has 0 fully saturated rings. The Kier molecular flexibility index (Phi) is 6.25. The first-order valence-electron chi connectivity index (χ1n) is 10.1. The van der Waals surface area contributed by atoms with Crippen LogP contribution in [0.2, 0.25) is 0 Å². The van der Waals surface area contributed by atoms with E-state index < -0.39 is 12.3 Å². The number of hydrogen-bond donors (Lipinski definition) is 1. The Labute approximate surface area is 187 Å². The summed E-state index contributed by atoms with van der Waals surface area (Å²) >= 11 is 0. The van der Waals surface area contributed by atoms with Gasteiger partial charge in [-0.2, -0.15) is 0 Å². The average Bonchev–Trinajstić information content (AvgIpc) is 2.79. The van der Waals surface area contributed by atoms with Crippen LogP contribution in [0.5, 0.6) is 17.2 Å². The molecule has 1 N–H and O–H groups in total. The molecule has 0 saturated carbocycles. The van der Waals surface area contributed by atoms with E-state index in [-0.39, 0.29) is 5.75 Å². The molecule has 172 valence electrons. The van der Waals surface area contributed by atoms with E-state index in [4.69, 9.17) is 9.47 Å². The molecule has 0 spiro atoms. The number of carbonyl (C=O) groups is 1. The number of alkyl halides is 3. The molecule has 0 radical (unpaired) electrons. The van der Waals surface area contributed by atoms with Crippen LogP contribution in [0.4, 0.5) is 30.4 Å². The summed E-state index contributed by atoms with van der Waals surface area (Å²) in [7, 11) is 0. The number of anilines is 3. The van der Waals surface area contributed by atoms with Crippen molar-refractivity contribution in [3.63, 3.8) is 0 Å². The quantitative estimate of drug-likeness (QED) is 0.549. The number of para-hydroxylation sites is 1. The van der Waals surface area contributed by atoms with Crippen molar-refractivity contribution in [3.8, 4) is 17.2 Å². The number of rotatable bonds is 6. The normalized spacial score (nSPS) is 13.0. The van der Waals surface area contributed by atoms with Crippen molar-refractivity contribution in [1.82, 2.24) is 4.98 Å². The lowest BCUT2D eigenvalue weighted by Crippen LogP contribution is -2.30. The third-order valence-electron chi connectivity index (χ3n) is 4.75. The number of carbonyl (C=O) groups excluding carboxylic acids is 1. The zero-order valence-electron chi connectivity index (χ0n) is 17.6. The lowest BCUT2D eigenvalue weighted by Gasteiger charge is -2.31. The third kappa shape index (κ3) is 5.28. The molecule has 0 bridgehead atoms. The standard InChI is InChI=1S/C23H20F3N3O4/c1-2-31-17-10-11-20(27-14-17)29-12-13-32-21-18(4-3-5-19(21)29)22(30)28-15-6-8-16(9-7-15)33-23(24,25)26/h3-11,14H,2,12-13H2,1H3,(H,28,30). The Morgan fingerprint density at radius 2 is 1.88 bits per heavy atom. The van der Waals surface area contributed by atoms with Crippen LogP contribution >= 0.6 is 0 Å². The van der Waals surface area contributed by atoms with E-state index in [0.29, 0.717) is 54.0 Å². The lowest BCUT2D eigenvalue weighted by molar-refractivity contribution is -0.274. The van der Waals surface area contributed by atoms with Gasteiger partial charge in [-0.05, 0) is 55.5 Å². The van der Waals surface area contributed by atoms with Gasteiger partial charge in [0.1, 0.15) is 23.9 Å². The summed E-state index contributed by atoms with van der Waals surface area (Å²) in [6.07, 6.45) is -3.15. The zero-order chi connectivity index (χ0) is 23.4. The molecule has 1 amide bonds. The Bertz CT molecular complexity index is 1120. The highest BCUT2D eigenvalue weighted by Gasteiger charge is 2.31. The number of amides is 1. The first-order chi connectivity index (χ1) is 15.8. The molecule has 2 heterocycles. The maximum Gasteiger partial charge on any atom is 0.573 e. The lowest BCUT2D eigenvalue weighted by atomic mass is 10.1. The van der Waals surface area contributed by atoms with Crippen molar-refractivity contribution in [3.05, 3.63) is 66.4 Å². The van der Waals surface area contributed by atoms with Gasteiger partial charge < -0.3 is 24.4 Å². The summed E-state index contributed by atoms with van der Waals surface area (Å²) in [5.41, 5.74) is 1.28. The molecule has 2 aromatic carbocycles.